The second kappa shape index (κ2) is 6.36. The molecule has 0 aliphatic heterocycles. The highest BCUT2D eigenvalue weighted by molar-refractivity contribution is 5.83. The second-order valence-electron chi connectivity index (χ2n) is 5.88. The third-order valence-corrected chi connectivity index (χ3v) is 4.35. The summed E-state index contributed by atoms with van der Waals surface area (Å²) in [4.78, 5) is 4.71. The molecule has 120 valence electrons. The number of rotatable bonds is 5. The number of benzene rings is 3. The Morgan fingerprint density at radius 3 is 2.58 bits per heavy atom. The van der Waals surface area contributed by atoms with Gasteiger partial charge in [0.05, 0.1) is 17.6 Å². The molecule has 0 unspecified atom stereocenters. The molecule has 24 heavy (non-hydrogen) atoms. The molecular weight excluding hydrogens is 296 g/mol. The van der Waals surface area contributed by atoms with Crippen molar-refractivity contribution in [2.45, 2.75) is 19.9 Å². The van der Waals surface area contributed by atoms with Crippen LogP contribution in [0, 0.1) is 0 Å². The van der Waals surface area contributed by atoms with Gasteiger partial charge in [-0.2, -0.15) is 0 Å². The number of nitrogens with zero attached hydrogens (tertiary/aromatic N) is 2. The van der Waals surface area contributed by atoms with E-state index >= 15 is 0 Å². The fourth-order valence-corrected chi connectivity index (χ4v) is 3.16. The fraction of sp³-hybridized carbons (Fsp3) is 0.190. The van der Waals surface area contributed by atoms with Crippen LogP contribution in [0.15, 0.2) is 66.7 Å². The van der Waals surface area contributed by atoms with Gasteiger partial charge in [-0.25, -0.2) is 4.98 Å². The van der Waals surface area contributed by atoms with E-state index in [2.05, 4.69) is 66.1 Å². The largest absolute Gasteiger partial charge is 0.492 e. The van der Waals surface area contributed by atoms with Crippen LogP contribution in [-0.2, 0) is 13.0 Å². The molecule has 1 heterocycles. The van der Waals surface area contributed by atoms with Crippen molar-refractivity contribution in [1.29, 1.82) is 0 Å². The average molecular weight is 316 g/mol. The van der Waals surface area contributed by atoms with Crippen LogP contribution >= 0.6 is 0 Å². The van der Waals surface area contributed by atoms with Gasteiger partial charge in [-0.05, 0) is 35.0 Å². The van der Waals surface area contributed by atoms with Gasteiger partial charge in [0.15, 0.2) is 0 Å². The number of imidazole rings is 1. The lowest BCUT2D eigenvalue weighted by atomic mass is 10.1. The molecule has 0 saturated carbocycles. The molecule has 4 aromatic rings. The number of aromatic nitrogens is 2. The lowest BCUT2D eigenvalue weighted by Gasteiger charge is -2.10. The third kappa shape index (κ3) is 2.73. The first-order chi connectivity index (χ1) is 11.8. The van der Waals surface area contributed by atoms with E-state index in [0.29, 0.717) is 6.61 Å². The van der Waals surface area contributed by atoms with E-state index in [9.17, 15) is 0 Å². The van der Waals surface area contributed by atoms with Crippen LogP contribution in [0.3, 0.4) is 0 Å². The maximum absolute atomic E-state index is 5.99. The van der Waals surface area contributed by atoms with Gasteiger partial charge in [-0.15, -0.1) is 0 Å². The molecule has 3 heteroatoms. The normalized spacial score (nSPS) is 11.2. The Morgan fingerprint density at radius 1 is 0.917 bits per heavy atom. The van der Waals surface area contributed by atoms with Gasteiger partial charge >= 0.3 is 0 Å². The minimum Gasteiger partial charge on any atom is -0.492 e. The predicted octanol–water partition coefficient (Wildman–Crippen LogP) is 4.83. The highest BCUT2D eigenvalue weighted by atomic mass is 16.5. The van der Waals surface area contributed by atoms with E-state index in [-0.39, 0.29) is 0 Å². The lowest BCUT2D eigenvalue weighted by molar-refractivity contribution is 0.299. The van der Waals surface area contributed by atoms with Crippen molar-refractivity contribution in [1.82, 2.24) is 9.55 Å². The number of para-hydroxylation sites is 2. The number of ether oxygens (including phenoxy) is 1. The van der Waals surface area contributed by atoms with Crippen LogP contribution in [0.5, 0.6) is 5.75 Å². The minimum atomic E-state index is 0.631. The van der Waals surface area contributed by atoms with Crippen LogP contribution in [-0.4, -0.2) is 16.2 Å². The van der Waals surface area contributed by atoms with Crippen molar-refractivity contribution in [3.63, 3.8) is 0 Å². The van der Waals surface area contributed by atoms with Crippen molar-refractivity contribution in [2.75, 3.05) is 6.61 Å². The van der Waals surface area contributed by atoms with Crippen LogP contribution in [0.1, 0.15) is 12.7 Å². The summed E-state index contributed by atoms with van der Waals surface area (Å²) < 4.78 is 8.25. The molecule has 0 N–H and O–H groups in total. The maximum atomic E-state index is 5.99. The second-order valence-corrected chi connectivity index (χ2v) is 5.88. The summed E-state index contributed by atoms with van der Waals surface area (Å²) in [6.45, 7) is 3.57. The first-order valence-corrected chi connectivity index (χ1v) is 8.41. The Labute approximate surface area is 141 Å². The molecule has 0 bridgehead atoms. The maximum Gasteiger partial charge on any atom is 0.120 e. The summed E-state index contributed by atoms with van der Waals surface area (Å²) in [5.41, 5.74) is 2.23. The summed E-state index contributed by atoms with van der Waals surface area (Å²) in [5.74, 6) is 2.02. The van der Waals surface area contributed by atoms with Crippen LogP contribution < -0.4 is 4.74 Å². The molecular formula is C21H20N2O. The van der Waals surface area contributed by atoms with Crippen molar-refractivity contribution in [3.8, 4) is 5.75 Å². The predicted molar refractivity (Wildman–Crippen MR) is 98.6 cm³/mol. The molecule has 0 atom stereocenters. The number of aryl methyl sites for hydroxylation is 1. The molecule has 3 nitrogen and oxygen atoms in total. The Bertz CT molecular complexity index is 987. The monoisotopic (exact) mass is 316 g/mol. The highest BCUT2D eigenvalue weighted by Crippen LogP contribution is 2.21. The zero-order chi connectivity index (χ0) is 16.4. The molecule has 4 rings (SSSR count). The number of fused-ring (bicyclic) bond motifs is 2. The molecule has 0 aliphatic carbocycles. The van der Waals surface area contributed by atoms with Crippen molar-refractivity contribution < 1.29 is 4.74 Å². The molecule has 1 aromatic heterocycles. The van der Waals surface area contributed by atoms with Crippen molar-refractivity contribution in [3.05, 3.63) is 72.6 Å². The summed E-state index contributed by atoms with van der Waals surface area (Å²) in [6, 6.07) is 22.9. The van der Waals surface area contributed by atoms with Gasteiger partial charge in [-0.1, -0.05) is 49.4 Å². The zero-order valence-electron chi connectivity index (χ0n) is 13.8. The molecule has 0 saturated heterocycles. The fourth-order valence-electron chi connectivity index (χ4n) is 3.16. The summed E-state index contributed by atoms with van der Waals surface area (Å²) >= 11 is 0. The van der Waals surface area contributed by atoms with Crippen LogP contribution in [0.25, 0.3) is 21.8 Å². The van der Waals surface area contributed by atoms with Crippen LogP contribution in [0.2, 0.25) is 0 Å². The van der Waals surface area contributed by atoms with Gasteiger partial charge in [-0.3, -0.25) is 0 Å². The van der Waals surface area contributed by atoms with Gasteiger partial charge in [0.2, 0.25) is 0 Å². The first kappa shape index (κ1) is 14.8. The molecule has 0 amide bonds. The molecule has 0 radical (unpaired) electrons. The summed E-state index contributed by atoms with van der Waals surface area (Å²) in [6.07, 6.45) is 0.921. The Hall–Kier alpha value is -2.81. The SMILES string of the molecule is CCc1nc2ccccc2n1CCOc1ccc2ccccc2c1. The highest BCUT2D eigenvalue weighted by Gasteiger charge is 2.08. The Kier molecular flexibility index (Phi) is 3.91. The van der Waals surface area contributed by atoms with E-state index in [1.165, 1.54) is 16.3 Å². The van der Waals surface area contributed by atoms with Crippen molar-refractivity contribution in [2.24, 2.45) is 0 Å². The average Bonchev–Trinajstić information content (AvgIpc) is 2.99. The van der Waals surface area contributed by atoms with Crippen LogP contribution in [0.4, 0.5) is 0 Å². The standard InChI is InChI=1S/C21H20N2O/c1-2-21-22-19-9-5-6-10-20(19)23(21)13-14-24-18-12-11-16-7-3-4-8-17(16)15-18/h3-12,15H,2,13-14H2,1H3. The smallest absolute Gasteiger partial charge is 0.120 e. The van der Waals surface area contributed by atoms with Gasteiger partial charge in [0, 0.05) is 6.42 Å². The van der Waals surface area contributed by atoms with E-state index < -0.39 is 0 Å². The van der Waals surface area contributed by atoms with E-state index in [1.807, 2.05) is 12.1 Å². The van der Waals surface area contributed by atoms with Gasteiger partial charge in [0.25, 0.3) is 0 Å². The topological polar surface area (TPSA) is 27.1 Å². The summed E-state index contributed by atoms with van der Waals surface area (Å²) in [5, 5.41) is 2.44. The Balaban J connectivity index is 1.52. The summed E-state index contributed by atoms with van der Waals surface area (Å²) in [7, 11) is 0. The molecule has 3 aromatic carbocycles. The van der Waals surface area contributed by atoms with E-state index in [1.54, 1.807) is 0 Å². The number of hydrogen-bond donors (Lipinski definition) is 0. The van der Waals surface area contributed by atoms with Gasteiger partial charge < -0.3 is 9.30 Å². The quantitative estimate of drug-likeness (QED) is 0.527. The molecule has 0 aliphatic rings. The zero-order valence-corrected chi connectivity index (χ0v) is 13.8. The Morgan fingerprint density at radius 2 is 1.71 bits per heavy atom. The minimum absolute atomic E-state index is 0.631. The third-order valence-electron chi connectivity index (χ3n) is 4.35. The van der Waals surface area contributed by atoms with E-state index in [0.717, 1.165) is 30.1 Å². The number of hydrogen-bond acceptors (Lipinski definition) is 2. The van der Waals surface area contributed by atoms with E-state index in [4.69, 9.17) is 9.72 Å². The molecule has 0 spiro atoms. The molecule has 0 fully saturated rings. The van der Waals surface area contributed by atoms with Crippen molar-refractivity contribution >= 4 is 21.8 Å². The first-order valence-electron chi connectivity index (χ1n) is 8.41. The van der Waals surface area contributed by atoms with Gasteiger partial charge in [0.1, 0.15) is 18.2 Å². The lowest BCUT2D eigenvalue weighted by Crippen LogP contribution is -2.10.